The molecule has 0 radical (unpaired) electrons. The third-order valence-electron chi connectivity index (χ3n) is 3.62. The number of anilines is 1. The number of hydrogen-bond acceptors (Lipinski definition) is 5. The number of hydrogen-bond donors (Lipinski definition) is 1. The average molecular weight is 310 g/mol. The van der Waals surface area contributed by atoms with Crippen LogP contribution in [0.4, 0.5) is 5.69 Å². The van der Waals surface area contributed by atoms with Gasteiger partial charge in [0.05, 0.1) is 17.5 Å². The van der Waals surface area contributed by atoms with Crippen LogP contribution in [0.5, 0.6) is 5.75 Å². The molecule has 0 saturated heterocycles. The fraction of sp³-hybridized carbons (Fsp3) is 0.118. The molecule has 1 heterocycles. The highest BCUT2D eigenvalue weighted by Gasteiger charge is 2.33. The molecule has 0 unspecified atom stereocenters. The second kappa shape index (κ2) is 5.57. The summed E-state index contributed by atoms with van der Waals surface area (Å²) in [6.45, 7) is 0. The van der Waals surface area contributed by atoms with E-state index < -0.39 is 11.9 Å². The van der Waals surface area contributed by atoms with Crippen LogP contribution in [0.3, 0.4) is 0 Å². The van der Waals surface area contributed by atoms with Crippen LogP contribution in [-0.2, 0) is 11.2 Å². The zero-order chi connectivity index (χ0) is 16.6. The number of carbonyl (C=O) groups is 3. The van der Waals surface area contributed by atoms with Crippen LogP contribution in [0.25, 0.3) is 0 Å². The van der Waals surface area contributed by atoms with Crippen molar-refractivity contribution >= 4 is 23.5 Å². The first-order valence-electron chi connectivity index (χ1n) is 6.97. The van der Waals surface area contributed by atoms with Gasteiger partial charge in [-0.15, -0.1) is 0 Å². The number of amides is 2. The van der Waals surface area contributed by atoms with Gasteiger partial charge in [-0.2, -0.15) is 0 Å². The molecule has 2 aromatic rings. The Morgan fingerprint density at radius 2 is 1.70 bits per heavy atom. The molecule has 1 aliphatic rings. The van der Waals surface area contributed by atoms with Crippen molar-refractivity contribution in [1.29, 1.82) is 0 Å². The molecule has 2 aromatic carbocycles. The monoisotopic (exact) mass is 310 g/mol. The summed E-state index contributed by atoms with van der Waals surface area (Å²) in [6, 6.07) is 11.3. The lowest BCUT2D eigenvalue weighted by Gasteiger charge is -2.06. The first kappa shape index (κ1) is 14.8. The SMILES string of the molecule is CN1C(=O)c2ccc(OC(=O)Cc3ccc(N)cc3)cc2C1=O. The van der Waals surface area contributed by atoms with Crippen molar-refractivity contribution < 1.29 is 19.1 Å². The molecule has 3 rings (SSSR count). The lowest BCUT2D eigenvalue weighted by molar-refractivity contribution is -0.133. The van der Waals surface area contributed by atoms with Gasteiger partial charge in [0.1, 0.15) is 5.75 Å². The summed E-state index contributed by atoms with van der Waals surface area (Å²) < 4.78 is 5.24. The Morgan fingerprint density at radius 3 is 2.39 bits per heavy atom. The Hall–Kier alpha value is -3.15. The number of ether oxygens (including phenoxy) is 1. The second-order valence-electron chi connectivity index (χ2n) is 5.27. The molecule has 116 valence electrons. The maximum absolute atomic E-state index is 12.0. The van der Waals surface area contributed by atoms with Crippen LogP contribution in [0.15, 0.2) is 42.5 Å². The minimum atomic E-state index is -0.458. The summed E-state index contributed by atoms with van der Waals surface area (Å²) in [7, 11) is 1.41. The fourth-order valence-electron chi connectivity index (χ4n) is 2.37. The highest BCUT2D eigenvalue weighted by Crippen LogP contribution is 2.26. The standard InChI is InChI=1S/C17H14N2O4/c1-19-16(21)13-7-6-12(9-14(13)17(19)22)23-15(20)8-10-2-4-11(18)5-3-10/h2-7,9H,8,18H2,1H3. The predicted molar refractivity (Wildman–Crippen MR) is 83.1 cm³/mol. The van der Waals surface area contributed by atoms with Crippen LogP contribution in [-0.4, -0.2) is 29.7 Å². The molecule has 6 nitrogen and oxygen atoms in total. The van der Waals surface area contributed by atoms with Gasteiger partial charge in [-0.05, 0) is 35.9 Å². The van der Waals surface area contributed by atoms with Crippen molar-refractivity contribution in [3.05, 3.63) is 59.2 Å². The van der Waals surface area contributed by atoms with Gasteiger partial charge in [0.2, 0.25) is 0 Å². The quantitative estimate of drug-likeness (QED) is 0.403. The van der Waals surface area contributed by atoms with Crippen LogP contribution < -0.4 is 10.5 Å². The van der Waals surface area contributed by atoms with E-state index in [1.54, 1.807) is 24.3 Å². The van der Waals surface area contributed by atoms with Gasteiger partial charge in [-0.1, -0.05) is 12.1 Å². The van der Waals surface area contributed by atoms with Crippen molar-refractivity contribution in [2.24, 2.45) is 0 Å². The molecule has 2 amide bonds. The third kappa shape index (κ3) is 2.78. The van der Waals surface area contributed by atoms with Crippen LogP contribution >= 0.6 is 0 Å². The normalized spacial score (nSPS) is 13.2. The number of imide groups is 1. The zero-order valence-electron chi connectivity index (χ0n) is 12.4. The summed E-state index contributed by atoms with van der Waals surface area (Å²) >= 11 is 0. The fourth-order valence-corrected chi connectivity index (χ4v) is 2.37. The highest BCUT2D eigenvalue weighted by molar-refractivity contribution is 6.21. The molecule has 1 aliphatic heterocycles. The molecule has 0 spiro atoms. The largest absolute Gasteiger partial charge is 0.426 e. The van der Waals surface area contributed by atoms with Gasteiger partial charge in [0.25, 0.3) is 11.8 Å². The van der Waals surface area contributed by atoms with Gasteiger partial charge in [0.15, 0.2) is 0 Å². The number of benzene rings is 2. The Morgan fingerprint density at radius 1 is 1.04 bits per heavy atom. The van der Waals surface area contributed by atoms with Crippen molar-refractivity contribution in [3.8, 4) is 5.75 Å². The van der Waals surface area contributed by atoms with Crippen molar-refractivity contribution in [2.45, 2.75) is 6.42 Å². The van der Waals surface area contributed by atoms with Crippen LogP contribution in [0.1, 0.15) is 26.3 Å². The van der Waals surface area contributed by atoms with E-state index in [9.17, 15) is 14.4 Å². The van der Waals surface area contributed by atoms with E-state index in [0.29, 0.717) is 11.3 Å². The minimum absolute atomic E-state index is 0.0874. The molecular weight excluding hydrogens is 296 g/mol. The van der Waals surface area contributed by atoms with E-state index in [1.165, 1.54) is 25.2 Å². The maximum Gasteiger partial charge on any atom is 0.315 e. The molecule has 0 fully saturated rings. The molecule has 0 bridgehead atoms. The Labute approximate surface area is 132 Å². The number of rotatable bonds is 3. The predicted octanol–water partition coefficient (Wildman–Crippen LogP) is 1.64. The molecule has 23 heavy (non-hydrogen) atoms. The molecular formula is C17H14N2O4. The number of nitrogen functional groups attached to an aromatic ring is 1. The summed E-state index contributed by atoms with van der Waals surface area (Å²) in [5.41, 5.74) is 7.54. The minimum Gasteiger partial charge on any atom is -0.426 e. The summed E-state index contributed by atoms with van der Waals surface area (Å²) in [6.07, 6.45) is 0.0874. The molecule has 0 aliphatic carbocycles. The van der Waals surface area contributed by atoms with Gasteiger partial charge in [0, 0.05) is 12.7 Å². The molecule has 0 aromatic heterocycles. The zero-order valence-corrected chi connectivity index (χ0v) is 12.4. The molecule has 6 heteroatoms. The van der Waals surface area contributed by atoms with E-state index in [-0.39, 0.29) is 23.6 Å². The molecule has 0 atom stereocenters. The van der Waals surface area contributed by atoms with Crippen LogP contribution in [0.2, 0.25) is 0 Å². The third-order valence-corrected chi connectivity index (χ3v) is 3.62. The van der Waals surface area contributed by atoms with E-state index in [4.69, 9.17) is 10.5 Å². The Balaban J connectivity index is 1.74. The first-order chi connectivity index (χ1) is 11.0. The lowest BCUT2D eigenvalue weighted by Crippen LogP contribution is -2.24. The molecule has 2 N–H and O–H groups in total. The first-order valence-corrected chi connectivity index (χ1v) is 6.97. The van der Waals surface area contributed by atoms with E-state index in [1.807, 2.05) is 0 Å². The molecule has 0 saturated carbocycles. The summed E-state index contributed by atoms with van der Waals surface area (Å²) in [5, 5.41) is 0. The number of carbonyl (C=O) groups excluding carboxylic acids is 3. The Kier molecular flexibility index (Phi) is 3.57. The van der Waals surface area contributed by atoms with Gasteiger partial charge >= 0.3 is 5.97 Å². The van der Waals surface area contributed by atoms with Crippen molar-refractivity contribution in [2.75, 3.05) is 12.8 Å². The highest BCUT2D eigenvalue weighted by atomic mass is 16.5. The van der Waals surface area contributed by atoms with E-state index in [2.05, 4.69) is 0 Å². The van der Waals surface area contributed by atoms with Crippen molar-refractivity contribution in [1.82, 2.24) is 4.90 Å². The van der Waals surface area contributed by atoms with Gasteiger partial charge in [-0.3, -0.25) is 19.3 Å². The number of fused-ring (bicyclic) bond motifs is 1. The average Bonchev–Trinajstić information content (AvgIpc) is 2.74. The summed E-state index contributed by atoms with van der Waals surface area (Å²) in [5.74, 6) is -0.980. The second-order valence-corrected chi connectivity index (χ2v) is 5.27. The summed E-state index contributed by atoms with van der Waals surface area (Å²) in [4.78, 5) is 36.7. The maximum atomic E-state index is 12.0. The number of nitrogens with two attached hydrogens (primary N) is 1. The van der Waals surface area contributed by atoms with Crippen molar-refractivity contribution in [3.63, 3.8) is 0 Å². The Bertz CT molecular complexity index is 812. The van der Waals surface area contributed by atoms with Gasteiger partial charge in [-0.25, -0.2) is 0 Å². The van der Waals surface area contributed by atoms with Crippen LogP contribution in [0, 0.1) is 0 Å². The number of esters is 1. The number of nitrogens with zero attached hydrogens (tertiary/aromatic N) is 1. The topological polar surface area (TPSA) is 89.7 Å². The van der Waals surface area contributed by atoms with E-state index in [0.717, 1.165) is 10.5 Å². The lowest BCUT2D eigenvalue weighted by atomic mass is 10.1. The smallest absolute Gasteiger partial charge is 0.315 e. The van der Waals surface area contributed by atoms with Gasteiger partial charge < -0.3 is 10.5 Å². The van der Waals surface area contributed by atoms with E-state index >= 15 is 0 Å².